The van der Waals surface area contributed by atoms with Crippen LogP contribution in [0.4, 0.5) is 5.69 Å². The fraction of sp³-hybridized carbons (Fsp3) is 0.200. The average Bonchev–Trinajstić information content (AvgIpc) is 2.63. The lowest BCUT2D eigenvalue weighted by atomic mass is 10.1. The van der Waals surface area contributed by atoms with Crippen molar-refractivity contribution in [1.82, 2.24) is 9.88 Å². The normalized spacial score (nSPS) is 10.9. The van der Waals surface area contributed by atoms with Crippen LogP contribution in [-0.2, 0) is 0 Å². The zero-order valence-corrected chi connectivity index (χ0v) is 14.8. The maximum atomic E-state index is 12.6. The number of fused-ring (bicyclic) bond motifs is 1. The van der Waals surface area contributed by atoms with Crippen molar-refractivity contribution in [2.24, 2.45) is 0 Å². The minimum Gasteiger partial charge on any atom is -0.492 e. The molecule has 3 rings (SSSR count). The zero-order valence-electron chi connectivity index (χ0n) is 14.8. The molecule has 1 aromatic heterocycles. The van der Waals surface area contributed by atoms with E-state index < -0.39 is 0 Å². The molecular formula is C20H21N3O3. The van der Waals surface area contributed by atoms with E-state index in [1.54, 1.807) is 36.4 Å². The number of ether oxygens (including phenoxy) is 1. The Hall–Kier alpha value is -3.12. The highest BCUT2D eigenvalue weighted by molar-refractivity contribution is 6.12. The van der Waals surface area contributed by atoms with E-state index in [0.29, 0.717) is 28.6 Å². The molecule has 6 nitrogen and oxygen atoms in total. The molecule has 0 spiro atoms. The topological polar surface area (TPSA) is 74.4 Å². The lowest BCUT2D eigenvalue weighted by Gasteiger charge is -2.12. The molecule has 0 saturated carbocycles. The van der Waals surface area contributed by atoms with Gasteiger partial charge in [-0.05, 0) is 44.4 Å². The van der Waals surface area contributed by atoms with Gasteiger partial charge >= 0.3 is 0 Å². The summed E-state index contributed by atoms with van der Waals surface area (Å²) in [5, 5.41) is 3.96. The molecule has 0 radical (unpaired) electrons. The molecule has 0 atom stereocenters. The Balaban J connectivity index is 1.73. The van der Waals surface area contributed by atoms with Crippen LogP contribution in [0.1, 0.15) is 10.4 Å². The number of amides is 1. The number of pyridine rings is 1. The van der Waals surface area contributed by atoms with Crippen LogP contribution in [0.5, 0.6) is 5.75 Å². The molecule has 2 aromatic carbocycles. The summed E-state index contributed by atoms with van der Waals surface area (Å²) in [6.45, 7) is 1.43. The first-order valence-electron chi connectivity index (χ1n) is 8.34. The first-order chi connectivity index (χ1) is 12.5. The lowest BCUT2D eigenvalue weighted by Crippen LogP contribution is -2.19. The fourth-order valence-electron chi connectivity index (χ4n) is 2.58. The SMILES string of the molecule is CN(C)CCOc1ccc(NC(=O)c2c[nH]c(=O)c3ccccc23)cc1. The molecule has 3 aromatic rings. The van der Waals surface area contributed by atoms with Crippen LogP contribution in [0.3, 0.4) is 0 Å². The molecule has 6 heteroatoms. The van der Waals surface area contributed by atoms with Crippen molar-refractivity contribution in [3.05, 3.63) is 70.6 Å². The third kappa shape index (κ3) is 4.10. The Bertz CT molecular complexity index is 962. The van der Waals surface area contributed by atoms with E-state index in [4.69, 9.17) is 4.74 Å². The molecule has 0 aliphatic carbocycles. The summed E-state index contributed by atoms with van der Waals surface area (Å²) in [5.41, 5.74) is 0.869. The number of anilines is 1. The molecule has 0 aliphatic heterocycles. The molecule has 0 unspecified atom stereocenters. The molecule has 0 saturated heterocycles. The van der Waals surface area contributed by atoms with Gasteiger partial charge in [0.05, 0.1) is 5.56 Å². The van der Waals surface area contributed by atoms with Gasteiger partial charge in [-0.15, -0.1) is 0 Å². The van der Waals surface area contributed by atoms with Crippen LogP contribution >= 0.6 is 0 Å². The van der Waals surface area contributed by atoms with Gasteiger partial charge in [0.2, 0.25) is 0 Å². The molecule has 0 aliphatic rings. The maximum absolute atomic E-state index is 12.6. The van der Waals surface area contributed by atoms with Gasteiger partial charge in [0, 0.05) is 29.2 Å². The highest BCUT2D eigenvalue weighted by Gasteiger charge is 2.12. The Kier molecular flexibility index (Phi) is 5.34. The summed E-state index contributed by atoms with van der Waals surface area (Å²) >= 11 is 0. The van der Waals surface area contributed by atoms with Crippen LogP contribution in [-0.4, -0.2) is 43.0 Å². The van der Waals surface area contributed by atoms with Crippen molar-refractivity contribution in [2.75, 3.05) is 32.6 Å². The molecular weight excluding hydrogens is 330 g/mol. The van der Waals surface area contributed by atoms with Gasteiger partial charge in [-0.3, -0.25) is 9.59 Å². The number of nitrogens with zero attached hydrogens (tertiary/aromatic N) is 1. The zero-order chi connectivity index (χ0) is 18.5. The number of aromatic nitrogens is 1. The van der Waals surface area contributed by atoms with Crippen LogP contribution < -0.4 is 15.6 Å². The predicted molar refractivity (Wildman–Crippen MR) is 103 cm³/mol. The number of rotatable bonds is 6. The summed E-state index contributed by atoms with van der Waals surface area (Å²) in [7, 11) is 3.98. The minimum absolute atomic E-state index is 0.212. The minimum atomic E-state index is -0.279. The Morgan fingerprint density at radius 1 is 1.08 bits per heavy atom. The third-order valence-electron chi connectivity index (χ3n) is 3.97. The van der Waals surface area contributed by atoms with Gasteiger partial charge in [-0.25, -0.2) is 0 Å². The predicted octanol–water partition coefficient (Wildman–Crippen LogP) is 2.72. The molecule has 134 valence electrons. The monoisotopic (exact) mass is 351 g/mol. The van der Waals surface area contributed by atoms with Crippen molar-refractivity contribution in [1.29, 1.82) is 0 Å². The van der Waals surface area contributed by atoms with E-state index in [1.165, 1.54) is 6.20 Å². The van der Waals surface area contributed by atoms with Gasteiger partial charge < -0.3 is 19.9 Å². The Labute approximate surface area is 151 Å². The first-order valence-corrected chi connectivity index (χ1v) is 8.34. The van der Waals surface area contributed by atoms with Gasteiger partial charge in [0.1, 0.15) is 12.4 Å². The summed E-state index contributed by atoms with van der Waals surface area (Å²) < 4.78 is 5.64. The van der Waals surface area contributed by atoms with Gasteiger partial charge in [-0.2, -0.15) is 0 Å². The summed E-state index contributed by atoms with van der Waals surface area (Å²) in [4.78, 5) is 29.1. The lowest BCUT2D eigenvalue weighted by molar-refractivity contribution is 0.102. The quantitative estimate of drug-likeness (QED) is 0.716. The standard InChI is InChI=1S/C20H21N3O3/c1-23(2)11-12-26-15-9-7-14(8-10-15)22-20(25)18-13-21-19(24)17-6-4-3-5-16(17)18/h3-10,13H,11-12H2,1-2H3,(H,21,24)(H,22,25). The first kappa shape index (κ1) is 17.7. The third-order valence-corrected chi connectivity index (χ3v) is 3.97. The summed E-state index contributed by atoms with van der Waals surface area (Å²) in [5.74, 6) is 0.470. The molecule has 26 heavy (non-hydrogen) atoms. The van der Waals surface area contributed by atoms with E-state index in [0.717, 1.165) is 12.3 Å². The van der Waals surface area contributed by atoms with Crippen molar-refractivity contribution in [2.45, 2.75) is 0 Å². The van der Waals surface area contributed by atoms with Crippen molar-refractivity contribution < 1.29 is 9.53 Å². The van der Waals surface area contributed by atoms with Crippen LogP contribution in [0, 0.1) is 0 Å². The molecule has 1 amide bonds. The van der Waals surface area contributed by atoms with Crippen LogP contribution in [0.2, 0.25) is 0 Å². The van der Waals surface area contributed by atoms with Crippen molar-refractivity contribution in [3.8, 4) is 5.75 Å². The second-order valence-electron chi connectivity index (χ2n) is 6.21. The summed E-state index contributed by atoms with van der Waals surface area (Å²) in [6, 6.07) is 14.2. The fourth-order valence-corrected chi connectivity index (χ4v) is 2.58. The van der Waals surface area contributed by atoms with Gasteiger partial charge in [0.15, 0.2) is 0 Å². The number of aromatic amines is 1. The number of carbonyl (C=O) groups is 1. The highest BCUT2D eigenvalue weighted by atomic mass is 16.5. The highest BCUT2D eigenvalue weighted by Crippen LogP contribution is 2.19. The maximum Gasteiger partial charge on any atom is 0.257 e. The average molecular weight is 351 g/mol. The van der Waals surface area contributed by atoms with Gasteiger partial charge in [0.25, 0.3) is 11.5 Å². The number of H-pyrrole nitrogens is 1. The number of carbonyl (C=O) groups excluding carboxylic acids is 1. The van der Waals surface area contributed by atoms with E-state index in [9.17, 15) is 9.59 Å². The summed E-state index contributed by atoms with van der Waals surface area (Å²) in [6.07, 6.45) is 1.44. The van der Waals surface area contributed by atoms with E-state index in [-0.39, 0.29) is 11.5 Å². The van der Waals surface area contributed by atoms with E-state index in [2.05, 4.69) is 10.3 Å². The molecule has 1 heterocycles. The second-order valence-corrected chi connectivity index (χ2v) is 6.21. The van der Waals surface area contributed by atoms with Crippen LogP contribution in [0.25, 0.3) is 10.8 Å². The Morgan fingerprint density at radius 2 is 1.77 bits per heavy atom. The number of hydrogen-bond donors (Lipinski definition) is 2. The second kappa shape index (κ2) is 7.84. The largest absolute Gasteiger partial charge is 0.492 e. The number of benzene rings is 2. The number of nitrogens with one attached hydrogen (secondary N) is 2. The van der Waals surface area contributed by atoms with Gasteiger partial charge in [-0.1, -0.05) is 18.2 Å². The molecule has 0 bridgehead atoms. The molecule has 2 N–H and O–H groups in total. The smallest absolute Gasteiger partial charge is 0.257 e. The van der Waals surface area contributed by atoms with Crippen molar-refractivity contribution >= 4 is 22.4 Å². The van der Waals surface area contributed by atoms with E-state index in [1.807, 2.05) is 31.1 Å². The van der Waals surface area contributed by atoms with Crippen LogP contribution in [0.15, 0.2) is 59.5 Å². The number of likely N-dealkylation sites (N-methyl/N-ethyl adjacent to an activating group) is 1. The van der Waals surface area contributed by atoms with Crippen molar-refractivity contribution in [3.63, 3.8) is 0 Å². The Morgan fingerprint density at radius 3 is 2.46 bits per heavy atom. The number of hydrogen-bond acceptors (Lipinski definition) is 4. The van der Waals surface area contributed by atoms with E-state index >= 15 is 0 Å². The molecule has 0 fully saturated rings.